The highest BCUT2D eigenvalue weighted by Crippen LogP contribution is 2.24. The first-order valence-corrected chi connectivity index (χ1v) is 9.55. The van der Waals surface area contributed by atoms with Crippen LogP contribution in [0.3, 0.4) is 0 Å². The van der Waals surface area contributed by atoms with Gasteiger partial charge < -0.3 is 9.47 Å². The topological polar surface area (TPSA) is 77.5 Å². The van der Waals surface area contributed by atoms with Gasteiger partial charge in [0.15, 0.2) is 5.13 Å². The Hall–Kier alpha value is -2.25. The molecule has 0 spiro atoms. The van der Waals surface area contributed by atoms with Gasteiger partial charge in [0.05, 0.1) is 18.2 Å². The average molecular weight is 374 g/mol. The van der Waals surface area contributed by atoms with Crippen LogP contribution in [-0.4, -0.2) is 36.2 Å². The molecule has 0 radical (unpaired) electrons. The maximum Gasteiger partial charge on any atom is 0.312 e. The Morgan fingerprint density at radius 3 is 2.77 bits per heavy atom. The smallest absolute Gasteiger partial charge is 0.312 e. The van der Waals surface area contributed by atoms with Crippen LogP contribution in [0.4, 0.5) is 5.13 Å². The molecule has 0 bridgehead atoms. The van der Waals surface area contributed by atoms with Crippen LogP contribution in [0.2, 0.25) is 0 Å². The standard InChI is InChI=1S/C19H22N2O4S/c1-24-15-8-5-9-16(11-15)25-17(22)10-14-12-26-19(20-14)21-18(23)13-6-3-2-4-7-13/h2-4,6-7,12,15-16H,5,8-11H2,1H3,(H,20,21,23). The van der Waals surface area contributed by atoms with Crippen molar-refractivity contribution in [2.45, 2.75) is 44.3 Å². The molecule has 1 aliphatic carbocycles. The number of ether oxygens (including phenoxy) is 2. The SMILES string of the molecule is COC1CCCC(OC(=O)Cc2csc(NC(=O)c3ccccc3)n2)C1. The van der Waals surface area contributed by atoms with Crippen molar-refractivity contribution >= 4 is 28.3 Å². The molecule has 1 aromatic carbocycles. The summed E-state index contributed by atoms with van der Waals surface area (Å²) in [6, 6.07) is 8.93. The van der Waals surface area contributed by atoms with E-state index in [-0.39, 0.29) is 30.5 Å². The summed E-state index contributed by atoms with van der Waals surface area (Å²) in [6.07, 6.45) is 3.83. The summed E-state index contributed by atoms with van der Waals surface area (Å²) in [7, 11) is 1.69. The third-order valence-electron chi connectivity index (χ3n) is 4.34. The number of anilines is 1. The predicted molar refractivity (Wildman–Crippen MR) is 99.4 cm³/mol. The molecule has 6 nitrogen and oxygen atoms in total. The number of esters is 1. The average Bonchev–Trinajstić information content (AvgIpc) is 3.09. The van der Waals surface area contributed by atoms with Gasteiger partial charge in [0.25, 0.3) is 5.91 Å². The second-order valence-electron chi connectivity index (χ2n) is 6.28. The highest BCUT2D eigenvalue weighted by molar-refractivity contribution is 7.14. The minimum absolute atomic E-state index is 0.0860. The summed E-state index contributed by atoms with van der Waals surface area (Å²) >= 11 is 1.29. The number of rotatable bonds is 6. The third kappa shape index (κ3) is 5.12. The fourth-order valence-corrected chi connectivity index (χ4v) is 3.71. The second-order valence-corrected chi connectivity index (χ2v) is 7.14. The van der Waals surface area contributed by atoms with E-state index in [4.69, 9.17) is 9.47 Å². The summed E-state index contributed by atoms with van der Waals surface area (Å²) in [5.74, 6) is -0.514. The van der Waals surface area contributed by atoms with E-state index >= 15 is 0 Å². The van der Waals surface area contributed by atoms with Crippen LogP contribution in [0, 0.1) is 0 Å². The molecule has 1 amide bonds. The van der Waals surface area contributed by atoms with Gasteiger partial charge in [-0.05, 0) is 31.4 Å². The molecule has 1 heterocycles. The Bertz CT molecular complexity index is 747. The van der Waals surface area contributed by atoms with Crippen LogP contribution in [0.5, 0.6) is 0 Å². The number of hydrogen-bond donors (Lipinski definition) is 1. The van der Waals surface area contributed by atoms with Gasteiger partial charge in [-0.2, -0.15) is 0 Å². The maximum atomic E-state index is 12.1. The quantitative estimate of drug-likeness (QED) is 0.784. The van der Waals surface area contributed by atoms with E-state index in [0.717, 1.165) is 25.7 Å². The normalized spacial score (nSPS) is 19.7. The van der Waals surface area contributed by atoms with Crippen LogP contribution in [-0.2, 0) is 20.7 Å². The molecule has 138 valence electrons. The monoisotopic (exact) mass is 374 g/mol. The van der Waals surface area contributed by atoms with Crippen molar-refractivity contribution in [2.24, 2.45) is 0 Å². The van der Waals surface area contributed by atoms with Gasteiger partial charge in [0, 0.05) is 24.5 Å². The van der Waals surface area contributed by atoms with Crippen molar-refractivity contribution in [1.29, 1.82) is 0 Å². The maximum absolute atomic E-state index is 12.1. The predicted octanol–water partition coefficient (Wildman–Crippen LogP) is 3.44. The highest BCUT2D eigenvalue weighted by atomic mass is 32.1. The van der Waals surface area contributed by atoms with E-state index in [9.17, 15) is 9.59 Å². The van der Waals surface area contributed by atoms with Gasteiger partial charge in [0.2, 0.25) is 0 Å². The Labute approximate surface area is 156 Å². The Morgan fingerprint density at radius 1 is 1.23 bits per heavy atom. The minimum Gasteiger partial charge on any atom is -0.462 e. The van der Waals surface area contributed by atoms with Gasteiger partial charge in [-0.1, -0.05) is 18.2 Å². The lowest BCUT2D eigenvalue weighted by Crippen LogP contribution is -2.29. The van der Waals surface area contributed by atoms with E-state index in [1.807, 2.05) is 6.07 Å². The van der Waals surface area contributed by atoms with Crippen molar-refractivity contribution in [2.75, 3.05) is 12.4 Å². The number of methoxy groups -OCH3 is 1. The third-order valence-corrected chi connectivity index (χ3v) is 5.15. The van der Waals surface area contributed by atoms with E-state index in [0.29, 0.717) is 16.4 Å². The van der Waals surface area contributed by atoms with Crippen LogP contribution < -0.4 is 5.32 Å². The van der Waals surface area contributed by atoms with Crippen LogP contribution in [0.1, 0.15) is 41.7 Å². The molecule has 3 rings (SSSR count). The summed E-state index contributed by atoms with van der Waals surface area (Å²) in [5, 5.41) is 4.98. The molecule has 1 fully saturated rings. The zero-order chi connectivity index (χ0) is 18.4. The van der Waals surface area contributed by atoms with Crippen LogP contribution in [0.25, 0.3) is 0 Å². The minimum atomic E-state index is -0.294. The molecule has 1 aliphatic rings. The Morgan fingerprint density at radius 2 is 2.00 bits per heavy atom. The number of aromatic nitrogens is 1. The molecule has 26 heavy (non-hydrogen) atoms. The van der Waals surface area contributed by atoms with Crippen molar-refractivity contribution < 1.29 is 19.1 Å². The first kappa shape index (κ1) is 18.5. The fraction of sp³-hybridized carbons (Fsp3) is 0.421. The first-order chi connectivity index (χ1) is 12.6. The number of nitrogens with zero attached hydrogens (tertiary/aromatic N) is 1. The molecule has 0 aliphatic heterocycles. The number of nitrogens with one attached hydrogen (secondary N) is 1. The fourth-order valence-electron chi connectivity index (χ4n) is 3.00. The van der Waals surface area contributed by atoms with Crippen molar-refractivity contribution in [3.8, 4) is 0 Å². The number of hydrogen-bond acceptors (Lipinski definition) is 6. The van der Waals surface area contributed by atoms with Crippen molar-refractivity contribution in [3.63, 3.8) is 0 Å². The van der Waals surface area contributed by atoms with Crippen LogP contribution >= 0.6 is 11.3 Å². The molecule has 2 aromatic rings. The van der Waals surface area contributed by atoms with Gasteiger partial charge in [0.1, 0.15) is 6.10 Å². The van der Waals surface area contributed by atoms with Gasteiger partial charge in [-0.15, -0.1) is 11.3 Å². The van der Waals surface area contributed by atoms with E-state index in [1.165, 1.54) is 11.3 Å². The zero-order valence-electron chi connectivity index (χ0n) is 14.6. The Kier molecular flexibility index (Phi) is 6.35. The molecule has 2 atom stereocenters. The number of thiazole rings is 1. The van der Waals surface area contributed by atoms with Gasteiger partial charge >= 0.3 is 5.97 Å². The Balaban J connectivity index is 1.50. The van der Waals surface area contributed by atoms with E-state index < -0.39 is 0 Å². The van der Waals surface area contributed by atoms with E-state index in [1.54, 1.807) is 36.8 Å². The lowest BCUT2D eigenvalue weighted by Gasteiger charge is -2.27. The molecular formula is C19H22N2O4S. The molecule has 1 aromatic heterocycles. The van der Waals surface area contributed by atoms with Crippen molar-refractivity contribution in [1.82, 2.24) is 4.98 Å². The summed E-state index contributed by atoms with van der Waals surface area (Å²) < 4.78 is 10.9. The summed E-state index contributed by atoms with van der Waals surface area (Å²) in [4.78, 5) is 28.6. The van der Waals surface area contributed by atoms with Crippen molar-refractivity contribution in [3.05, 3.63) is 47.0 Å². The number of amides is 1. The molecule has 1 saturated carbocycles. The molecular weight excluding hydrogens is 352 g/mol. The number of benzene rings is 1. The molecule has 1 N–H and O–H groups in total. The van der Waals surface area contributed by atoms with Crippen LogP contribution in [0.15, 0.2) is 35.7 Å². The zero-order valence-corrected chi connectivity index (χ0v) is 15.5. The summed E-state index contributed by atoms with van der Waals surface area (Å²) in [6.45, 7) is 0. The number of carbonyl (C=O) groups excluding carboxylic acids is 2. The van der Waals surface area contributed by atoms with Gasteiger partial charge in [-0.25, -0.2) is 4.98 Å². The largest absolute Gasteiger partial charge is 0.462 e. The van der Waals surface area contributed by atoms with Gasteiger partial charge in [-0.3, -0.25) is 14.9 Å². The lowest BCUT2D eigenvalue weighted by atomic mass is 9.95. The first-order valence-electron chi connectivity index (χ1n) is 8.67. The highest BCUT2D eigenvalue weighted by Gasteiger charge is 2.25. The number of carbonyl (C=O) groups is 2. The molecule has 2 unspecified atom stereocenters. The molecule has 7 heteroatoms. The second kappa shape index (κ2) is 8.91. The van der Waals surface area contributed by atoms with E-state index in [2.05, 4.69) is 10.3 Å². The molecule has 0 saturated heterocycles. The summed E-state index contributed by atoms with van der Waals surface area (Å²) in [5.41, 5.74) is 1.16. The lowest BCUT2D eigenvalue weighted by molar-refractivity contribution is -0.151.